The standard InChI is InChI=1S/C18H23NS/c1-14(19-13-18-8-4-5-11-20-18)16-10-9-15-6-2-3-7-17(15)12-16/h2-3,6-7,9-10,12,14,18-19H,4-5,8,11,13H2,1H3. The van der Waals surface area contributed by atoms with Crippen molar-refractivity contribution in [3.8, 4) is 0 Å². The van der Waals surface area contributed by atoms with Crippen LogP contribution in [0.3, 0.4) is 0 Å². The van der Waals surface area contributed by atoms with Gasteiger partial charge in [-0.3, -0.25) is 0 Å². The number of hydrogen-bond acceptors (Lipinski definition) is 2. The van der Waals surface area contributed by atoms with Crippen LogP contribution in [-0.2, 0) is 0 Å². The van der Waals surface area contributed by atoms with Gasteiger partial charge >= 0.3 is 0 Å². The second-order valence-corrected chi connectivity index (χ2v) is 7.13. The first-order chi connectivity index (χ1) is 9.83. The molecule has 0 amide bonds. The molecule has 2 unspecified atom stereocenters. The number of benzene rings is 2. The largest absolute Gasteiger partial charge is 0.309 e. The molecule has 0 saturated carbocycles. The van der Waals surface area contributed by atoms with Crippen LogP contribution in [0.5, 0.6) is 0 Å². The smallest absolute Gasteiger partial charge is 0.0292 e. The molecule has 2 atom stereocenters. The van der Waals surface area contributed by atoms with Gasteiger partial charge in [0.1, 0.15) is 0 Å². The van der Waals surface area contributed by atoms with Gasteiger partial charge in [-0.1, -0.05) is 42.8 Å². The van der Waals surface area contributed by atoms with Gasteiger partial charge in [-0.15, -0.1) is 0 Å². The highest BCUT2D eigenvalue weighted by atomic mass is 32.2. The van der Waals surface area contributed by atoms with Gasteiger partial charge < -0.3 is 5.32 Å². The number of hydrogen-bond donors (Lipinski definition) is 1. The summed E-state index contributed by atoms with van der Waals surface area (Å²) in [6.45, 7) is 3.41. The molecule has 0 bridgehead atoms. The molecule has 0 aliphatic carbocycles. The zero-order valence-electron chi connectivity index (χ0n) is 12.1. The van der Waals surface area contributed by atoms with Crippen LogP contribution < -0.4 is 5.32 Å². The maximum absolute atomic E-state index is 3.71. The quantitative estimate of drug-likeness (QED) is 0.868. The summed E-state index contributed by atoms with van der Waals surface area (Å²) >= 11 is 2.14. The van der Waals surface area contributed by atoms with Gasteiger partial charge in [-0.05, 0) is 47.9 Å². The van der Waals surface area contributed by atoms with Crippen molar-refractivity contribution in [2.45, 2.75) is 37.5 Å². The van der Waals surface area contributed by atoms with E-state index in [1.165, 1.54) is 41.4 Å². The van der Waals surface area contributed by atoms with Crippen molar-refractivity contribution >= 4 is 22.5 Å². The summed E-state index contributed by atoms with van der Waals surface area (Å²) in [6, 6.07) is 15.8. The lowest BCUT2D eigenvalue weighted by Crippen LogP contribution is -2.28. The first-order valence-electron chi connectivity index (χ1n) is 7.66. The van der Waals surface area contributed by atoms with E-state index in [1.54, 1.807) is 0 Å². The molecule has 1 fully saturated rings. The molecule has 0 spiro atoms. The van der Waals surface area contributed by atoms with Crippen molar-refractivity contribution in [2.75, 3.05) is 12.3 Å². The molecular weight excluding hydrogens is 262 g/mol. The fraction of sp³-hybridized carbons (Fsp3) is 0.444. The zero-order valence-corrected chi connectivity index (χ0v) is 13.0. The van der Waals surface area contributed by atoms with Gasteiger partial charge in [-0.2, -0.15) is 11.8 Å². The second kappa shape index (κ2) is 6.64. The lowest BCUT2D eigenvalue weighted by molar-refractivity contribution is 0.539. The summed E-state index contributed by atoms with van der Waals surface area (Å²) in [5.74, 6) is 1.34. The molecule has 1 N–H and O–H groups in total. The number of fused-ring (bicyclic) bond motifs is 1. The van der Waals surface area contributed by atoms with Crippen LogP contribution >= 0.6 is 11.8 Å². The van der Waals surface area contributed by atoms with E-state index in [4.69, 9.17) is 0 Å². The highest BCUT2D eigenvalue weighted by Gasteiger charge is 2.15. The highest BCUT2D eigenvalue weighted by molar-refractivity contribution is 7.99. The first kappa shape index (κ1) is 14.0. The maximum Gasteiger partial charge on any atom is 0.0292 e. The van der Waals surface area contributed by atoms with Gasteiger partial charge in [0.25, 0.3) is 0 Å². The number of nitrogens with one attached hydrogen (secondary N) is 1. The molecule has 106 valence electrons. The summed E-state index contributed by atoms with van der Waals surface area (Å²) in [7, 11) is 0. The Labute approximate surface area is 126 Å². The Hall–Kier alpha value is -0.990. The Kier molecular flexibility index (Phi) is 4.64. The van der Waals surface area contributed by atoms with Gasteiger partial charge in [0, 0.05) is 17.8 Å². The monoisotopic (exact) mass is 285 g/mol. The van der Waals surface area contributed by atoms with Gasteiger partial charge in [0.2, 0.25) is 0 Å². The Morgan fingerprint density at radius 1 is 1.15 bits per heavy atom. The summed E-state index contributed by atoms with van der Waals surface area (Å²) in [5, 5.41) is 7.19. The van der Waals surface area contributed by atoms with Crippen LogP contribution in [0.15, 0.2) is 42.5 Å². The molecule has 1 nitrogen and oxygen atoms in total. The van der Waals surface area contributed by atoms with E-state index in [0.717, 1.165) is 11.8 Å². The van der Waals surface area contributed by atoms with Gasteiger partial charge in [0.05, 0.1) is 0 Å². The molecule has 1 saturated heterocycles. The van der Waals surface area contributed by atoms with Crippen LogP contribution in [0.1, 0.15) is 37.8 Å². The van der Waals surface area contributed by atoms with Crippen molar-refractivity contribution in [3.63, 3.8) is 0 Å². The van der Waals surface area contributed by atoms with Crippen LogP contribution in [0.4, 0.5) is 0 Å². The van der Waals surface area contributed by atoms with Crippen molar-refractivity contribution in [1.82, 2.24) is 5.32 Å². The normalized spacial score (nSPS) is 20.9. The van der Waals surface area contributed by atoms with E-state index in [0.29, 0.717) is 6.04 Å². The van der Waals surface area contributed by atoms with Gasteiger partial charge in [-0.25, -0.2) is 0 Å². The van der Waals surface area contributed by atoms with E-state index >= 15 is 0 Å². The maximum atomic E-state index is 3.71. The van der Waals surface area contributed by atoms with E-state index in [2.05, 4.69) is 66.5 Å². The van der Waals surface area contributed by atoms with Crippen molar-refractivity contribution in [3.05, 3.63) is 48.0 Å². The van der Waals surface area contributed by atoms with Crippen molar-refractivity contribution < 1.29 is 0 Å². The fourth-order valence-corrected chi connectivity index (χ4v) is 4.12. The first-order valence-corrected chi connectivity index (χ1v) is 8.71. The van der Waals surface area contributed by atoms with E-state index in [-0.39, 0.29) is 0 Å². The zero-order chi connectivity index (χ0) is 13.8. The Morgan fingerprint density at radius 2 is 2.00 bits per heavy atom. The van der Waals surface area contributed by atoms with Crippen molar-refractivity contribution in [1.29, 1.82) is 0 Å². The average Bonchev–Trinajstić information content (AvgIpc) is 2.53. The predicted octanol–water partition coefficient (Wildman–Crippen LogP) is 4.78. The van der Waals surface area contributed by atoms with Gasteiger partial charge in [0.15, 0.2) is 0 Å². The second-order valence-electron chi connectivity index (χ2n) is 5.73. The highest BCUT2D eigenvalue weighted by Crippen LogP contribution is 2.25. The molecule has 20 heavy (non-hydrogen) atoms. The molecule has 1 aliphatic rings. The minimum atomic E-state index is 0.433. The molecule has 2 aromatic carbocycles. The predicted molar refractivity (Wildman–Crippen MR) is 90.5 cm³/mol. The third-order valence-corrected chi connectivity index (χ3v) is 5.60. The average molecular weight is 285 g/mol. The SMILES string of the molecule is CC(NCC1CCCCS1)c1ccc2ccccc2c1. The molecule has 1 heterocycles. The van der Waals surface area contributed by atoms with Crippen LogP contribution in [-0.4, -0.2) is 17.5 Å². The minimum Gasteiger partial charge on any atom is -0.309 e. The lowest BCUT2D eigenvalue weighted by atomic mass is 10.0. The topological polar surface area (TPSA) is 12.0 Å². The van der Waals surface area contributed by atoms with Crippen LogP contribution in [0.25, 0.3) is 10.8 Å². The molecule has 3 rings (SSSR count). The summed E-state index contributed by atoms with van der Waals surface area (Å²) in [6.07, 6.45) is 4.19. The summed E-state index contributed by atoms with van der Waals surface area (Å²) in [4.78, 5) is 0. The van der Waals surface area contributed by atoms with Crippen LogP contribution in [0, 0.1) is 0 Å². The van der Waals surface area contributed by atoms with E-state index in [9.17, 15) is 0 Å². The summed E-state index contributed by atoms with van der Waals surface area (Å²) in [5.41, 5.74) is 1.39. The molecule has 1 aliphatic heterocycles. The molecule has 2 heteroatoms. The van der Waals surface area contributed by atoms with Crippen LogP contribution in [0.2, 0.25) is 0 Å². The fourth-order valence-electron chi connectivity index (χ4n) is 2.87. The molecule has 0 radical (unpaired) electrons. The van der Waals surface area contributed by atoms with Crippen molar-refractivity contribution in [2.24, 2.45) is 0 Å². The third-order valence-electron chi connectivity index (χ3n) is 4.20. The third kappa shape index (κ3) is 3.36. The number of thioether (sulfide) groups is 1. The minimum absolute atomic E-state index is 0.433. The Morgan fingerprint density at radius 3 is 2.80 bits per heavy atom. The number of rotatable bonds is 4. The molecular formula is C18H23NS. The lowest BCUT2D eigenvalue weighted by Gasteiger charge is -2.24. The Bertz CT molecular complexity index is 560. The molecule has 2 aromatic rings. The molecule has 0 aromatic heterocycles. The summed E-state index contributed by atoms with van der Waals surface area (Å²) < 4.78 is 0. The van der Waals surface area contributed by atoms with E-state index in [1.807, 2.05) is 0 Å². The Balaban J connectivity index is 1.64. The van der Waals surface area contributed by atoms with E-state index < -0.39 is 0 Å².